The van der Waals surface area contributed by atoms with Crippen molar-refractivity contribution in [3.8, 4) is 11.8 Å². The van der Waals surface area contributed by atoms with Gasteiger partial charge in [0, 0.05) is 16.7 Å². The van der Waals surface area contributed by atoms with Crippen molar-refractivity contribution in [3.63, 3.8) is 0 Å². The molecule has 19 heavy (non-hydrogen) atoms. The van der Waals surface area contributed by atoms with Crippen molar-refractivity contribution in [1.29, 1.82) is 0 Å². The molecule has 3 nitrogen and oxygen atoms in total. The Hall–Kier alpha value is -1.79. The quantitative estimate of drug-likeness (QED) is 0.817. The Kier molecular flexibility index (Phi) is 5.14. The minimum atomic E-state index is -0.203. The van der Waals surface area contributed by atoms with E-state index in [1.165, 1.54) is 0 Å². The number of amides is 1. The third-order valence-electron chi connectivity index (χ3n) is 3.16. The van der Waals surface area contributed by atoms with Crippen LogP contribution < -0.4 is 11.1 Å². The zero-order valence-electron chi connectivity index (χ0n) is 12.1. The van der Waals surface area contributed by atoms with Crippen LogP contribution in [0.5, 0.6) is 0 Å². The molecule has 1 aromatic carbocycles. The Balaban J connectivity index is 2.99. The lowest BCUT2D eigenvalue weighted by Gasteiger charge is -2.24. The highest BCUT2D eigenvalue weighted by atomic mass is 16.1. The third kappa shape index (κ3) is 4.42. The van der Waals surface area contributed by atoms with Crippen molar-refractivity contribution >= 4 is 5.91 Å². The summed E-state index contributed by atoms with van der Waals surface area (Å²) in [4.78, 5) is 12.2. The molecule has 1 amide bonds. The van der Waals surface area contributed by atoms with Crippen molar-refractivity contribution in [2.75, 3.05) is 6.54 Å². The highest BCUT2D eigenvalue weighted by molar-refractivity contribution is 5.95. The van der Waals surface area contributed by atoms with E-state index in [2.05, 4.69) is 17.2 Å². The summed E-state index contributed by atoms with van der Waals surface area (Å²) in [6, 6.07) is 5.55. The lowest BCUT2D eigenvalue weighted by atomic mass is 10.00. The van der Waals surface area contributed by atoms with E-state index in [1.54, 1.807) is 0 Å². The van der Waals surface area contributed by atoms with E-state index in [9.17, 15) is 4.79 Å². The summed E-state index contributed by atoms with van der Waals surface area (Å²) < 4.78 is 0. The first kappa shape index (κ1) is 15.3. The molecule has 0 fully saturated rings. The van der Waals surface area contributed by atoms with Gasteiger partial charge in [-0.1, -0.05) is 24.8 Å². The average molecular weight is 258 g/mol. The number of benzene rings is 1. The lowest BCUT2D eigenvalue weighted by molar-refractivity contribution is 0.0911. The van der Waals surface area contributed by atoms with Gasteiger partial charge in [0.05, 0.1) is 6.54 Å². The summed E-state index contributed by atoms with van der Waals surface area (Å²) >= 11 is 0. The fourth-order valence-corrected chi connectivity index (χ4v) is 1.51. The molecular weight excluding hydrogens is 236 g/mol. The molecule has 1 rings (SSSR count). The third-order valence-corrected chi connectivity index (χ3v) is 3.16. The first-order valence-electron chi connectivity index (χ1n) is 6.51. The van der Waals surface area contributed by atoms with Crippen LogP contribution in [0.4, 0.5) is 0 Å². The maximum atomic E-state index is 12.2. The Morgan fingerprint density at radius 2 is 2.11 bits per heavy atom. The van der Waals surface area contributed by atoms with Crippen LogP contribution in [0, 0.1) is 18.8 Å². The normalized spacial score (nSPS) is 10.6. The Morgan fingerprint density at radius 1 is 1.42 bits per heavy atom. The topological polar surface area (TPSA) is 55.1 Å². The van der Waals surface area contributed by atoms with Gasteiger partial charge in [-0.25, -0.2) is 0 Å². The summed E-state index contributed by atoms with van der Waals surface area (Å²) in [6.07, 6.45) is 0.879. The largest absolute Gasteiger partial charge is 0.347 e. The second kappa shape index (κ2) is 6.40. The molecule has 0 aliphatic carbocycles. The van der Waals surface area contributed by atoms with Crippen LogP contribution in [0.2, 0.25) is 0 Å². The molecule has 0 bridgehead atoms. The van der Waals surface area contributed by atoms with Crippen LogP contribution in [0.25, 0.3) is 0 Å². The first-order chi connectivity index (χ1) is 8.89. The van der Waals surface area contributed by atoms with Gasteiger partial charge >= 0.3 is 0 Å². The van der Waals surface area contributed by atoms with Crippen LogP contribution in [0.15, 0.2) is 18.2 Å². The summed E-state index contributed by atoms with van der Waals surface area (Å²) in [7, 11) is 0. The highest BCUT2D eigenvalue weighted by Gasteiger charge is 2.18. The molecule has 0 atom stereocenters. The Morgan fingerprint density at radius 3 is 2.68 bits per heavy atom. The molecule has 102 valence electrons. The molecular formula is C16H22N2O. The summed E-state index contributed by atoms with van der Waals surface area (Å²) in [6.45, 7) is 8.35. The number of aryl methyl sites for hydroxylation is 1. The monoisotopic (exact) mass is 258 g/mol. The van der Waals surface area contributed by atoms with Gasteiger partial charge in [0.15, 0.2) is 0 Å². The molecule has 0 aliphatic heterocycles. The van der Waals surface area contributed by atoms with E-state index in [4.69, 9.17) is 5.73 Å². The van der Waals surface area contributed by atoms with Crippen molar-refractivity contribution in [2.45, 2.75) is 39.7 Å². The predicted molar refractivity (Wildman–Crippen MR) is 78.9 cm³/mol. The maximum absolute atomic E-state index is 12.2. The number of nitrogens with one attached hydrogen (secondary N) is 1. The van der Waals surface area contributed by atoms with Crippen LogP contribution in [0.1, 0.15) is 48.7 Å². The number of carbonyl (C=O) groups excluding carboxylic acids is 1. The molecule has 1 aromatic rings. The minimum Gasteiger partial charge on any atom is -0.347 e. The van der Waals surface area contributed by atoms with Gasteiger partial charge < -0.3 is 11.1 Å². The number of hydrogen-bond donors (Lipinski definition) is 2. The summed E-state index contributed by atoms with van der Waals surface area (Å²) in [5, 5.41) is 3.01. The lowest BCUT2D eigenvalue weighted by Crippen LogP contribution is -2.42. The van der Waals surface area contributed by atoms with E-state index >= 15 is 0 Å². The molecule has 0 saturated heterocycles. The minimum absolute atomic E-state index is 0.0670. The molecule has 0 unspecified atom stereocenters. The fourth-order valence-electron chi connectivity index (χ4n) is 1.51. The number of nitrogens with two attached hydrogens (primary N) is 1. The van der Waals surface area contributed by atoms with Crippen LogP contribution in [-0.2, 0) is 0 Å². The number of hydrogen-bond acceptors (Lipinski definition) is 2. The zero-order valence-corrected chi connectivity index (χ0v) is 12.1. The summed E-state index contributed by atoms with van der Waals surface area (Å²) in [5.74, 6) is 5.74. The number of carbonyl (C=O) groups is 1. The van der Waals surface area contributed by atoms with Gasteiger partial charge in [0.2, 0.25) is 0 Å². The molecule has 3 heteroatoms. The van der Waals surface area contributed by atoms with Gasteiger partial charge in [0.1, 0.15) is 0 Å². The van der Waals surface area contributed by atoms with Gasteiger partial charge in [-0.2, -0.15) is 0 Å². The molecule has 0 aromatic heterocycles. The Bertz CT molecular complexity index is 521. The van der Waals surface area contributed by atoms with Crippen molar-refractivity contribution < 1.29 is 4.79 Å². The van der Waals surface area contributed by atoms with Gasteiger partial charge in [-0.15, -0.1) is 0 Å². The van der Waals surface area contributed by atoms with Gasteiger partial charge in [0.25, 0.3) is 5.91 Å². The standard InChI is InChI=1S/C16H22N2O/c1-5-16(3,4)18-15(19)14-9-8-12(2)13(11-14)7-6-10-17/h8-9,11H,5,10,17H2,1-4H3,(H,18,19). The van der Waals surface area contributed by atoms with E-state index in [1.807, 2.05) is 45.9 Å². The SMILES string of the molecule is CCC(C)(C)NC(=O)c1ccc(C)c(C#CCN)c1. The molecule has 3 N–H and O–H groups in total. The second-order valence-electron chi connectivity index (χ2n) is 5.23. The van der Waals surface area contributed by atoms with Crippen LogP contribution >= 0.6 is 0 Å². The zero-order chi connectivity index (χ0) is 14.5. The second-order valence-corrected chi connectivity index (χ2v) is 5.23. The molecule has 0 radical (unpaired) electrons. The fraction of sp³-hybridized carbons (Fsp3) is 0.438. The van der Waals surface area contributed by atoms with Crippen molar-refractivity contribution in [3.05, 3.63) is 34.9 Å². The number of rotatable bonds is 3. The van der Waals surface area contributed by atoms with Crippen molar-refractivity contribution in [2.24, 2.45) is 5.73 Å². The van der Waals surface area contributed by atoms with Gasteiger partial charge in [-0.05, 0) is 44.9 Å². The molecule has 0 aliphatic rings. The smallest absolute Gasteiger partial charge is 0.251 e. The van der Waals surface area contributed by atoms with Crippen LogP contribution in [0.3, 0.4) is 0 Å². The first-order valence-corrected chi connectivity index (χ1v) is 6.51. The predicted octanol–water partition coefficient (Wildman–Crippen LogP) is 2.22. The van der Waals surface area contributed by atoms with E-state index in [-0.39, 0.29) is 11.4 Å². The van der Waals surface area contributed by atoms with E-state index < -0.39 is 0 Å². The molecule has 0 heterocycles. The van der Waals surface area contributed by atoms with Crippen molar-refractivity contribution in [1.82, 2.24) is 5.32 Å². The summed E-state index contributed by atoms with van der Waals surface area (Å²) in [5.41, 5.74) is 7.70. The van der Waals surface area contributed by atoms with E-state index in [0.29, 0.717) is 12.1 Å². The molecule has 0 spiro atoms. The molecule has 0 saturated carbocycles. The van der Waals surface area contributed by atoms with E-state index in [0.717, 1.165) is 17.5 Å². The Labute approximate surface area is 115 Å². The maximum Gasteiger partial charge on any atom is 0.251 e. The average Bonchev–Trinajstić information content (AvgIpc) is 2.37. The van der Waals surface area contributed by atoms with Crippen LogP contribution in [-0.4, -0.2) is 18.0 Å². The highest BCUT2D eigenvalue weighted by Crippen LogP contribution is 2.13. The van der Waals surface area contributed by atoms with Gasteiger partial charge in [-0.3, -0.25) is 4.79 Å².